The van der Waals surface area contributed by atoms with Gasteiger partial charge in [-0.25, -0.2) is 0 Å². The zero-order valence-corrected chi connectivity index (χ0v) is 17.9. The molecule has 0 radical (unpaired) electrons. The fourth-order valence-corrected chi connectivity index (χ4v) is 3.46. The smallest absolute Gasteiger partial charge is 0.120 e. The molecule has 0 bridgehead atoms. The van der Waals surface area contributed by atoms with Crippen molar-refractivity contribution in [1.82, 2.24) is 5.32 Å². The number of nitrogens with one attached hydrogen (secondary N) is 1. The van der Waals surface area contributed by atoms with E-state index in [4.69, 9.17) is 9.47 Å². The van der Waals surface area contributed by atoms with Crippen LogP contribution in [-0.2, 0) is 0 Å². The van der Waals surface area contributed by atoms with Crippen LogP contribution in [0, 0.1) is 0 Å². The van der Waals surface area contributed by atoms with Crippen LogP contribution in [0.5, 0.6) is 11.5 Å². The Balaban J connectivity index is 1.64. The van der Waals surface area contributed by atoms with Gasteiger partial charge in [0.05, 0.1) is 6.04 Å². The molecule has 1 heterocycles. The molecule has 2 aromatic rings. The molecular weight excluding hydrogens is 348 g/mol. The lowest BCUT2D eigenvalue weighted by Gasteiger charge is -2.38. The van der Waals surface area contributed by atoms with Gasteiger partial charge in [-0.15, -0.1) is 0 Å². The summed E-state index contributed by atoms with van der Waals surface area (Å²) >= 11 is 0. The number of rotatable bonds is 6. The Morgan fingerprint density at radius 3 is 2.46 bits per heavy atom. The molecule has 2 aromatic carbocycles. The SMILES string of the molecule is CC(C)c1cccc(N2CCNCC2COc2ccc(OC(C)(C)C)cc2)c1. The molecule has 1 aliphatic rings. The number of anilines is 1. The summed E-state index contributed by atoms with van der Waals surface area (Å²) in [7, 11) is 0. The molecule has 0 saturated carbocycles. The van der Waals surface area contributed by atoms with Crippen LogP contribution < -0.4 is 19.7 Å². The molecule has 3 rings (SSSR count). The normalized spacial score (nSPS) is 17.6. The van der Waals surface area contributed by atoms with Crippen LogP contribution in [0.15, 0.2) is 48.5 Å². The van der Waals surface area contributed by atoms with E-state index in [1.54, 1.807) is 0 Å². The van der Waals surface area contributed by atoms with Crippen LogP contribution in [0.4, 0.5) is 5.69 Å². The summed E-state index contributed by atoms with van der Waals surface area (Å²) in [6.07, 6.45) is 0. The quantitative estimate of drug-likeness (QED) is 0.775. The molecule has 0 amide bonds. The fraction of sp³-hybridized carbons (Fsp3) is 0.500. The third kappa shape index (κ3) is 5.65. The number of hydrogen-bond donors (Lipinski definition) is 1. The highest BCUT2D eigenvalue weighted by Crippen LogP contribution is 2.25. The topological polar surface area (TPSA) is 33.7 Å². The van der Waals surface area contributed by atoms with Crippen molar-refractivity contribution in [2.75, 3.05) is 31.1 Å². The van der Waals surface area contributed by atoms with E-state index < -0.39 is 0 Å². The number of piperazine rings is 1. The maximum atomic E-state index is 6.12. The summed E-state index contributed by atoms with van der Waals surface area (Å²) in [4.78, 5) is 2.47. The molecule has 1 N–H and O–H groups in total. The average Bonchev–Trinajstić information content (AvgIpc) is 2.66. The first-order valence-electron chi connectivity index (χ1n) is 10.3. The first kappa shape index (κ1) is 20.5. The number of benzene rings is 2. The number of nitrogens with zero attached hydrogens (tertiary/aromatic N) is 1. The van der Waals surface area contributed by atoms with Gasteiger partial charge >= 0.3 is 0 Å². The van der Waals surface area contributed by atoms with E-state index >= 15 is 0 Å². The summed E-state index contributed by atoms with van der Waals surface area (Å²) in [6, 6.07) is 17.1. The summed E-state index contributed by atoms with van der Waals surface area (Å²) in [5.74, 6) is 2.28. The Morgan fingerprint density at radius 2 is 1.79 bits per heavy atom. The minimum Gasteiger partial charge on any atom is -0.491 e. The number of hydrogen-bond acceptors (Lipinski definition) is 4. The van der Waals surface area contributed by atoms with Gasteiger partial charge in [0.15, 0.2) is 0 Å². The first-order valence-corrected chi connectivity index (χ1v) is 10.3. The van der Waals surface area contributed by atoms with E-state index in [-0.39, 0.29) is 5.60 Å². The van der Waals surface area contributed by atoms with Gasteiger partial charge in [-0.1, -0.05) is 26.0 Å². The van der Waals surface area contributed by atoms with Crippen LogP contribution in [0.1, 0.15) is 46.1 Å². The van der Waals surface area contributed by atoms with Crippen LogP contribution in [0.25, 0.3) is 0 Å². The molecule has 1 aliphatic heterocycles. The van der Waals surface area contributed by atoms with Gasteiger partial charge in [-0.2, -0.15) is 0 Å². The minimum absolute atomic E-state index is 0.193. The van der Waals surface area contributed by atoms with Crippen molar-refractivity contribution in [3.8, 4) is 11.5 Å². The molecule has 4 heteroatoms. The maximum Gasteiger partial charge on any atom is 0.120 e. The molecule has 0 aromatic heterocycles. The lowest BCUT2D eigenvalue weighted by atomic mass is 10.0. The van der Waals surface area contributed by atoms with Crippen molar-refractivity contribution in [3.05, 3.63) is 54.1 Å². The van der Waals surface area contributed by atoms with E-state index in [0.29, 0.717) is 18.6 Å². The fourth-order valence-electron chi connectivity index (χ4n) is 3.46. The van der Waals surface area contributed by atoms with Gasteiger partial charge in [0.25, 0.3) is 0 Å². The summed E-state index contributed by atoms with van der Waals surface area (Å²) < 4.78 is 12.0. The zero-order valence-electron chi connectivity index (χ0n) is 17.9. The van der Waals surface area contributed by atoms with Gasteiger partial charge in [-0.3, -0.25) is 0 Å². The lowest BCUT2D eigenvalue weighted by Crippen LogP contribution is -2.54. The highest BCUT2D eigenvalue weighted by Gasteiger charge is 2.23. The second kappa shape index (κ2) is 8.87. The third-order valence-corrected chi connectivity index (χ3v) is 4.91. The first-order chi connectivity index (χ1) is 13.3. The molecule has 4 nitrogen and oxygen atoms in total. The minimum atomic E-state index is -0.193. The largest absolute Gasteiger partial charge is 0.491 e. The van der Waals surface area contributed by atoms with E-state index in [1.165, 1.54) is 11.3 Å². The Kier molecular flexibility index (Phi) is 6.50. The molecule has 1 fully saturated rings. The highest BCUT2D eigenvalue weighted by molar-refractivity contribution is 5.51. The van der Waals surface area contributed by atoms with E-state index in [1.807, 2.05) is 24.3 Å². The standard InChI is InChI=1S/C24H34N2O2/c1-18(2)19-7-6-8-20(15-19)26-14-13-25-16-21(26)17-27-22-9-11-23(12-10-22)28-24(3,4)5/h6-12,15,18,21,25H,13-14,16-17H2,1-5H3. The average molecular weight is 383 g/mol. The van der Waals surface area contributed by atoms with Crippen LogP contribution in [0.3, 0.4) is 0 Å². The zero-order chi connectivity index (χ0) is 20.1. The maximum absolute atomic E-state index is 6.12. The van der Waals surface area contributed by atoms with Crippen molar-refractivity contribution in [3.63, 3.8) is 0 Å². The Morgan fingerprint density at radius 1 is 1.07 bits per heavy atom. The molecule has 0 aliphatic carbocycles. The van der Waals surface area contributed by atoms with Gasteiger partial charge in [0, 0.05) is 25.3 Å². The van der Waals surface area contributed by atoms with Crippen molar-refractivity contribution >= 4 is 5.69 Å². The van der Waals surface area contributed by atoms with Crippen molar-refractivity contribution < 1.29 is 9.47 Å². The van der Waals surface area contributed by atoms with Crippen molar-refractivity contribution in [2.45, 2.75) is 52.2 Å². The molecule has 152 valence electrons. The summed E-state index contributed by atoms with van der Waals surface area (Å²) in [5.41, 5.74) is 2.47. The summed E-state index contributed by atoms with van der Waals surface area (Å²) in [6.45, 7) is 14.2. The van der Waals surface area contributed by atoms with Crippen molar-refractivity contribution in [2.24, 2.45) is 0 Å². The second-order valence-corrected chi connectivity index (χ2v) is 8.80. The third-order valence-electron chi connectivity index (χ3n) is 4.91. The molecule has 0 spiro atoms. The molecule has 1 saturated heterocycles. The van der Waals surface area contributed by atoms with E-state index in [9.17, 15) is 0 Å². The lowest BCUT2D eigenvalue weighted by molar-refractivity contribution is 0.130. The van der Waals surface area contributed by atoms with Crippen LogP contribution >= 0.6 is 0 Å². The number of ether oxygens (including phenoxy) is 2. The van der Waals surface area contributed by atoms with Crippen molar-refractivity contribution in [1.29, 1.82) is 0 Å². The second-order valence-electron chi connectivity index (χ2n) is 8.80. The van der Waals surface area contributed by atoms with E-state index in [2.05, 4.69) is 69.1 Å². The molecule has 28 heavy (non-hydrogen) atoms. The van der Waals surface area contributed by atoms with Gasteiger partial charge in [0.1, 0.15) is 23.7 Å². The Bertz CT molecular complexity index is 750. The molecular formula is C24H34N2O2. The van der Waals surface area contributed by atoms with Gasteiger partial charge < -0.3 is 19.7 Å². The predicted molar refractivity (Wildman–Crippen MR) is 117 cm³/mol. The molecule has 1 atom stereocenters. The molecule has 1 unspecified atom stereocenters. The highest BCUT2D eigenvalue weighted by atomic mass is 16.5. The predicted octanol–water partition coefficient (Wildman–Crippen LogP) is 4.84. The Hall–Kier alpha value is -2.20. The summed E-state index contributed by atoms with van der Waals surface area (Å²) in [5, 5.41) is 3.50. The van der Waals surface area contributed by atoms with Crippen LogP contribution in [-0.4, -0.2) is 37.9 Å². The Labute approximate surface area is 169 Å². The van der Waals surface area contributed by atoms with Crippen LogP contribution in [0.2, 0.25) is 0 Å². The monoisotopic (exact) mass is 382 g/mol. The van der Waals surface area contributed by atoms with Gasteiger partial charge in [0.2, 0.25) is 0 Å². The van der Waals surface area contributed by atoms with E-state index in [0.717, 1.165) is 31.1 Å². The van der Waals surface area contributed by atoms with Gasteiger partial charge in [-0.05, 0) is 68.7 Å².